The van der Waals surface area contributed by atoms with Crippen molar-refractivity contribution < 1.29 is 9.47 Å². The molecule has 0 aliphatic rings. The second kappa shape index (κ2) is 4.34. The molecule has 0 aromatic heterocycles. The summed E-state index contributed by atoms with van der Waals surface area (Å²) in [7, 11) is 0. The Labute approximate surface area is 68.2 Å². The van der Waals surface area contributed by atoms with E-state index in [-0.39, 0.29) is 5.90 Å². The minimum atomic E-state index is -0.579. The van der Waals surface area contributed by atoms with Crippen molar-refractivity contribution in [2.45, 2.75) is 33.3 Å². The summed E-state index contributed by atoms with van der Waals surface area (Å²) >= 11 is 0. The third-order valence-electron chi connectivity index (χ3n) is 1.34. The van der Waals surface area contributed by atoms with Crippen LogP contribution in [0.4, 0.5) is 0 Å². The standard InChI is InChI=1S/C8H17NO2/c1-5-10-7(9)8(3,4)11-6-2/h9H,5-6H2,1-4H3. The maximum Gasteiger partial charge on any atom is 0.213 e. The van der Waals surface area contributed by atoms with Gasteiger partial charge in [-0.2, -0.15) is 0 Å². The molecule has 0 aliphatic carbocycles. The molecule has 0 saturated heterocycles. The molecule has 0 aromatic rings. The SMILES string of the molecule is CCOC(=N)C(C)(C)OCC. The van der Waals surface area contributed by atoms with Crippen LogP contribution in [0.3, 0.4) is 0 Å². The van der Waals surface area contributed by atoms with Crippen LogP contribution in [0.15, 0.2) is 0 Å². The molecule has 3 heteroatoms. The first-order chi connectivity index (χ1) is 5.04. The highest BCUT2D eigenvalue weighted by molar-refractivity contribution is 5.81. The molecule has 11 heavy (non-hydrogen) atoms. The molecular weight excluding hydrogens is 142 g/mol. The highest BCUT2D eigenvalue weighted by Crippen LogP contribution is 2.11. The second-order valence-corrected chi connectivity index (χ2v) is 2.71. The summed E-state index contributed by atoms with van der Waals surface area (Å²) < 4.78 is 10.3. The molecular formula is C8H17NO2. The first kappa shape index (κ1) is 10.4. The first-order valence-corrected chi connectivity index (χ1v) is 3.90. The Kier molecular flexibility index (Phi) is 4.11. The Bertz CT molecular complexity index is 132. The van der Waals surface area contributed by atoms with Gasteiger partial charge in [-0.25, -0.2) is 0 Å². The van der Waals surface area contributed by atoms with Gasteiger partial charge in [-0.05, 0) is 27.7 Å². The molecule has 1 N–H and O–H groups in total. The van der Waals surface area contributed by atoms with Crippen molar-refractivity contribution in [3.63, 3.8) is 0 Å². The van der Waals surface area contributed by atoms with E-state index in [9.17, 15) is 0 Å². The van der Waals surface area contributed by atoms with Crippen LogP contribution >= 0.6 is 0 Å². The Morgan fingerprint density at radius 2 is 1.82 bits per heavy atom. The smallest absolute Gasteiger partial charge is 0.213 e. The molecule has 66 valence electrons. The molecule has 0 aromatic carbocycles. The van der Waals surface area contributed by atoms with Crippen molar-refractivity contribution in [2.24, 2.45) is 0 Å². The van der Waals surface area contributed by atoms with E-state index < -0.39 is 5.60 Å². The lowest BCUT2D eigenvalue weighted by Crippen LogP contribution is -2.36. The summed E-state index contributed by atoms with van der Waals surface area (Å²) in [5.41, 5.74) is -0.579. The lowest BCUT2D eigenvalue weighted by Gasteiger charge is -2.24. The summed E-state index contributed by atoms with van der Waals surface area (Å²) in [5, 5.41) is 7.45. The summed E-state index contributed by atoms with van der Waals surface area (Å²) in [6.45, 7) is 8.54. The fourth-order valence-electron chi connectivity index (χ4n) is 0.745. The van der Waals surface area contributed by atoms with Crippen LogP contribution in [0.5, 0.6) is 0 Å². The second-order valence-electron chi connectivity index (χ2n) is 2.71. The van der Waals surface area contributed by atoms with Crippen LogP contribution in [0.2, 0.25) is 0 Å². The van der Waals surface area contributed by atoms with Gasteiger partial charge in [-0.15, -0.1) is 0 Å². The van der Waals surface area contributed by atoms with Crippen molar-refractivity contribution in [1.29, 1.82) is 5.41 Å². The van der Waals surface area contributed by atoms with Crippen molar-refractivity contribution in [2.75, 3.05) is 13.2 Å². The van der Waals surface area contributed by atoms with Crippen molar-refractivity contribution in [3.8, 4) is 0 Å². The molecule has 0 amide bonds. The third-order valence-corrected chi connectivity index (χ3v) is 1.34. The van der Waals surface area contributed by atoms with Crippen LogP contribution in [0.1, 0.15) is 27.7 Å². The molecule has 0 heterocycles. The van der Waals surface area contributed by atoms with Gasteiger partial charge < -0.3 is 9.47 Å². The van der Waals surface area contributed by atoms with E-state index in [1.165, 1.54) is 0 Å². The third kappa shape index (κ3) is 3.37. The molecule has 0 spiro atoms. The van der Waals surface area contributed by atoms with Crippen molar-refractivity contribution >= 4 is 5.90 Å². The average molecular weight is 159 g/mol. The number of rotatable bonds is 4. The molecule has 3 nitrogen and oxygen atoms in total. The van der Waals surface area contributed by atoms with Gasteiger partial charge in [0.25, 0.3) is 0 Å². The predicted molar refractivity (Wildman–Crippen MR) is 45.1 cm³/mol. The van der Waals surface area contributed by atoms with E-state index in [2.05, 4.69) is 0 Å². The van der Waals surface area contributed by atoms with Gasteiger partial charge in [-0.1, -0.05) is 0 Å². The molecule has 0 rings (SSSR count). The Morgan fingerprint density at radius 3 is 2.18 bits per heavy atom. The van der Waals surface area contributed by atoms with E-state index in [0.717, 1.165) is 0 Å². The molecule has 0 radical (unpaired) electrons. The highest BCUT2D eigenvalue weighted by Gasteiger charge is 2.25. The van der Waals surface area contributed by atoms with E-state index >= 15 is 0 Å². The predicted octanol–water partition coefficient (Wildman–Crippen LogP) is 1.82. The topological polar surface area (TPSA) is 42.3 Å². The lowest BCUT2D eigenvalue weighted by atomic mass is 10.1. The first-order valence-electron chi connectivity index (χ1n) is 3.90. The van der Waals surface area contributed by atoms with Gasteiger partial charge in [0.05, 0.1) is 6.61 Å². The van der Waals surface area contributed by atoms with E-state index in [1.54, 1.807) is 0 Å². The van der Waals surface area contributed by atoms with E-state index in [4.69, 9.17) is 14.9 Å². The fraction of sp³-hybridized carbons (Fsp3) is 0.875. The van der Waals surface area contributed by atoms with E-state index in [1.807, 2.05) is 27.7 Å². The Balaban J connectivity index is 3.94. The maximum atomic E-state index is 7.45. The van der Waals surface area contributed by atoms with Crippen LogP contribution in [0.25, 0.3) is 0 Å². The number of nitrogens with one attached hydrogen (secondary N) is 1. The minimum absolute atomic E-state index is 0.196. The Morgan fingerprint density at radius 1 is 1.27 bits per heavy atom. The molecule has 0 fully saturated rings. The molecule has 0 aliphatic heterocycles. The lowest BCUT2D eigenvalue weighted by molar-refractivity contribution is 0.0237. The molecule has 0 unspecified atom stereocenters. The van der Waals surface area contributed by atoms with Gasteiger partial charge in [-0.3, -0.25) is 5.41 Å². The van der Waals surface area contributed by atoms with Crippen LogP contribution in [-0.4, -0.2) is 24.7 Å². The van der Waals surface area contributed by atoms with Crippen molar-refractivity contribution in [3.05, 3.63) is 0 Å². The van der Waals surface area contributed by atoms with Gasteiger partial charge >= 0.3 is 0 Å². The molecule has 0 bridgehead atoms. The largest absolute Gasteiger partial charge is 0.479 e. The zero-order chi connectivity index (χ0) is 8.91. The normalized spacial score (nSPS) is 11.3. The monoisotopic (exact) mass is 159 g/mol. The quantitative estimate of drug-likeness (QED) is 0.502. The zero-order valence-corrected chi connectivity index (χ0v) is 7.73. The fourth-order valence-corrected chi connectivity index (χ4v) is 0.745. The highest BCUT2D eigenvalue weighted by atomic mass is 16.5. The van der Waals surface area contributed by atoms with Gasteiger partial charge in [0.15, 0.2) is 0 Å². The van der Waals surface area contributed by atoms with Crippen molar-refractivity contribution in [1.82, 2.24) is 0 Å². The zero-order valence-electron chi connectivity index (χ0n) is 7.73. The maximum absolute atomic E-state index is 7.45. The summed E-state index contributed by atoms with van der Waals surface area (Å²) in [5.74, 6) is 0.196. The van der Waals surface area contributed by atoms with Gasteiger partial charge in [0, 0.05) is 6.61 Å². The number of ether oxygens (including phenoxy) is 2. The molecule has 0 atom stereocenters. The van der Waals surface area contributed by atoms with Gasteiger partial charge in [0.2, 0.25) is 5.90 Å². The summed E-state index contributed by atoms with van der Waals surface area (Å²) in [6.07, 6.45) is 0. The summed E-state index contributed by atoms with van der Waals surface area (Å²) in [4.78, 5) is 0. The van der Waals surface area contributed by atoms with Crippen LogP contribution < -0.4 is 0 Å². The number of hydrogen-bond acceptors (Lipinski definition) is 3. The molecule has 0 saturated carbocycles. The Hall–Kier alpha value is -0.570. The van der Waals surface area contributed by atoms with E-state index in [0.29, 0.717) is 13.2 Å². The summed E-state index contributed by atoms with van der Waals surface area (Å²) in [6, 6.07) is 0. The van der Waals surface area contributed by atoms with Crippen LogP contribution in [-0.2, 0) is 9.47 Å². The average Bonchev–Trinajstić information content (AvgIpc) is 1.88. The number of hydrogen-bond donors (Lipinski definition) is 1. The van der Waals surface area contributed by atoms with Crippen LogP contribution in [0, 0.1) is 5.41 Å². The van der Waals surface area contributed by atoms with Gasteiger partial charge in [0.1, 0.15) is 5.60 Å². The minimum Gasteiger partial charge on any atom is -0.479 e.